The van der Waals surface area contributed by atoms with Crippen LogP contribution in [0.5, 0.6) is 0 Å². The van der Waals surface area contributed by atoms with E-state index in [1.54, 1.807) is 10.9 Å². The molecule has 4 rings (SSSR count). The lowest BCUT2D eigenvalue weighted by atomic mass is 9.46. The quantitative estimate of drug-likeness (QED) is 0.634. The molecule has 7 nitrogen and oxygen atoms in total. The van der Waals surface area contributed by atoms with Gasteiger partial charge in [0.15, 0.2) is 0 Å². The Labute approximate surface area is 197 Å². The maximum Gasteiger partial charge on any atom is 0.407 e. The van der Waals surface area contributed by atoms with Gasteiger partial charge in [-0.15, -0.1) is 0 Å². The van der Waals surface area contributed by atoms with E-state index in [-0.39, 0.29) is 23.3 Å². The van der Waals surface area contributed by atoms with E-state index >= 15 is 0 Å². The Kier molecular flexibility index (Phi) is 5.90. The summed E-state index contributed by atoms with van der Waals surface area (Å²) in [6.45, 7) is 12.7. The molecule has 7 heteroatoms. The number of nitrogens with zero attached hydrogens (tertiary/aromatic N) is 2. The van der Waals surface area contributed by atoms with Gasteiger partial charge in [-0.3, -0.25) is 4.79 Å². The van der Waals surface area contributed by atoms with E-state index in [0.29, 0.717) is 11.0 Å². The molecule has 33 heavy (non-hydrogen) atoms. The van der Waals surface area contributed by atoms with Crippen LogP contribution in [0.1, 0.15) is 95.6 Å². The van der Waals surface area contributed by atoms with E-state index in [4.69, 9.17) is 4.74 Å². The number of hydrogen-bond acceptors (Lipinski definition) is 4. The molecule has 3 aliphatic carbocycles. The third-order valence-electron chi connectivity index (χ3n) is 8.54. The maximum atomic E-state index is 13.4. The lowest BCUT2D eigenvalue weighted by Gasteiger charge is -2.61. The lowest BCUT2D eigenvalue weighted by molar-refractivity contribution is -0.0917. The lowest BCUT2D eigenvalue weighted by Crippen LogP contribution is -2.64. The van der Waals surface area contributed by atoms with E-state index in [1.807, 2.05) is 26.1 Å². The zero-order valence-electron chi connectivity index (χ0n) is 21.2. The predicted molar refractivity (Wildman–Crippen MR) is 129 cm³/mol. The van der Waals surface area contributed by atoms with Crippen molar-refractivity contribution in [3.8, 4) is 0 Å². The topological polar surface area (TPSA) is 85.2 Å². The number of alkyl carbamates (subject to hydrolysis) is 1. The third kappa shape index (κ3) is 4.08. The van der Waals surface area contributed by atoms with Crippen molar-refractivity contribution in [1.82, 2.24) is 20.4 Å². The molecule has 3 aliphatic rings. The van der Waals surface area contributed by atoms with Crippen LogP contribution in [-0.4, -0.2) is 40.5 Å². The Morgan fingerprint density at radius 3 is 2.67 bits per heavy atom. The van der Waals surface area contributed by atoms with E-state index in [0.717, 1.165) is 24.0 Å². The molecule has 5 atom stereocenters. The van der Waals surface area contributed by atoms with Gasteiger partial charge in [-0.05, 0) is 80.6 Å². The number of aromatic nitrogens is 2. The van der Waals surface area contributed by atoms with Gasteiger partial charge in [0.05, 0.1) is 30.1 Å². The number of carbonyl (C=O) groups excluding carboxylic acids is 2. The highest BCUT2D eigenvalue weighted by Gasteiger charge is 2.69. The molecule has 1 heterocycles. The number of methoxy groups -OCH3 is 1. The normalized spacial score (nSPS) is 33.0. The van der Waals surface area contributed by atoms with Crippen molar-refractivity contribution in [3.05, 3.63) is 23.5 Å². The van der Waals surface area contributed by atoms with Crippen molar-refractivity contribution in [2.24, 2.45) is 22.7 Å². The fourth-order valence-corrected chi connectivity index (χ4v) is 7.23. The fourth-order valence-electron chi connectivity index (χ4n) is 7.23. The summed E-state index contributed by atoms with van der Waals surface area (Å²) < 4.78 is 6.45. The largest absolute Gasteiger partial charge is 0.453 e. The van der Waals surface area contributed by atoms with Crippen LogP contribution in [0.4, 0.5) is 4.79 Å². The molecule has 1 spiro atoms. The van der Waals surface area contributed by atoms with E-state index in [9.17, 15) is 9.59 Å². The average molecular weight is 457 g/mol. The van der Waals surface area contributed by atoms with Gasteiger partial charge >= 0.3 is 6.09 Å². The molecule has 2 N–H and O–H groups in total. The zero-order valence-corrected chi connectivity index (χ0v) is 21.2. The van der Waals surface area contributed by atoms with Gasteiger partial charge in [0.1, 0.15) is 0 Å². The molecule has 2 amide bonds. The van der Waals surface area contributed by atoms with Crippen LogP contribution >= 0.6 is 0 Å². The maximum absolute atomic E-state index is 13.4. The Bertz CT molecular complexity index is 965. The number of ether oxygens (including phenoxy) is 1. The number of carbonyl (C=O) groups is 2. The average Bonchev–Trinajstić information content (AvgIpc) is 3.21. The first-order valence-electron chi connectivity index (χ1n) is 12.3. The Balaban J connectivity index is 1.52. The summed E-state index contributed by atoms with van der Waals surface area (Å²) in [7, 11) is 1.34. The van der Waals surface area contributed by atoms with E-state index in [1.165, 1.54) is 32.8 Å². The Morgan fingerprint density at radius 2 is 2.00 bits per heavy atom. The minimum Gasteiger partial charge on any atom is -0.453 e. The van der Waals surface area contributed by atoms with Gasteiger partial charge in [-0.25, -0.2) is 9.48 Å². The first-order valence-corrected chi connectivity index (χ1v) is 12.3. The zero-order chi connectivity index (χ0) is 24.2. The van der Waals surface area contributed by atoms with Crippen molar-refractivity contribution < 1.29 is 14.3 Å². The summed E-state index contributed by atoms with van der Waals surface area (Å²) in [5, 5.41) is 10.7. The molecule has 0 aromatic carbocycles. The van der Waals surface area contributed by atoms with Gasteiger partial charge < -0.3 is 15.4 Å². The van der Waals surface area contributed by atoms with E-state index in [2.05, 4.69) is 43.4 Å². The van der Waals surface area contributed by atoms with Gasteiger partial charge in [0.2, 0.25) is 0 Å². The SMILES string of the molecule is COC(=O)NC(C)(C)/C=C/n1ncc(C(=O)NC2CC3(C)CC4CC(C)CC23C4)c1C(C)C. The molecule has 1 aromatic rings. The smallest absolute Gasteiger partial charge is 0.407 e. The number of rotatable bonds is 6. The fraction of sp³-hybridized carbons (Fsp3) is 0.731. The molecule has 1 aromatic heterocycles. The van der Waals surface area contributed by atoms with Gasteiger partial charge in [0, 0.05) is 12.2 Å². The number of nitrogens with one attached hydrogen (secondary N) is 2. The van der Waals surface area contributed by atoms with Gasteiger partial charge in [0.25, 0.3) is 5.91 Å². The van der Waals surface area contributed by atoms with Crippen LogP contribution in [0.3, 0.4) is 0 Å². The second-order valence-electron chi connectivity index (χ2n) is 12.0. The van der Waals surface area contributed by atoms with Gasteiger partial charge in [-0.1, -0.05) is 27.7 Å². The first-order chi connectivity index (χ1) is 15.4. The Hall–Kier alpha value is -2.31. The molecule has 2 bridgehead atoms. The van der Waals surface area contributed by atoms with Crippen molar-refractivity contribution in [3.63, 3.8) is 0 Å². The van der Waals surface area contributed by atoms with Crippen molar-refractivity contribution in [2.75, 3.05) is 7.11 Å². The van der Waals surface area contributed by atoms with Crippen molar-refractivity contribution in [2.45, 2.75) is 91.1 Å². The Morgan fingerprint density at radius 1 is 1.27 bits per heavy atom. The molecular weight excluding hydrogens is 416 g/mol. The highest BCUT2D eigenvalue weighted by atomic mass is 16.5. The number of hydrogen-bond donors (Lipinski definition) is 2. The highest BCUT2D eigenvalue weighted by molar-refractivity contribution is 5.95. The molecule has 3 fully saturated rings. The van der Waals surface area contributed by atoms with Crippen LogP contribution in [0.2, 0.25) is 0 Å². The minimum absolute atomic E-state index is 0.0200. The van der Waals surface area contributed by atoms with Crippen LogP contribution in [0.25, 0.3) is 6.20 Å². The molecule has 3 saturated carbocycles. The minimum atomic E-state index is -0.623. The summed E-state index contributed by atoms with van der Waals surface area (Å²) >= 11 is 0. The second kappa shape index (κ2) is 8.17. The monoisotopic (exact) mass is 456 g/mol. The summed E-state index contributed by atoms with van der Waals surface area (Å²) in [5.41, 5.74) is 1.53. The first kappa shape index (κ1) is 23.8. The summed E-state index contributed by atoms with van der Waals surface area (Å²) in [6, 6.07) is 0.254. The second-order valence-corrected chi connectivity index (χ2v) is 12.0. The summed E-state index contributed by atoms with van der Waals surface area (Å²) in [6.07, 6.45) is 11.1. The predicted octanol–water partition coefficient (Wildman–Crippen LogP) is 4.95. The summed E-state index contributed by atoms with van der Waals surface area (Å²) in [4.78, 5) is 25.0. The van der Waals surface area contributed by atoms with Gasteiger partial charge in [-0.2, -0.15) is 5.10 Å². The standard InChI is InChI=1S/C26H40N4O3/c1-16(2)21-19(15-27-30(21)9-8-24(4,5)29-23(32)33-7)22(31)28-20-14-25(6)12-18-10-17(3)11-26(20,25)13-18/h8-9,15-18,20H,10-14H2,1-7H3,(H,28,31)(H,29,32)/b9-8+. The summed E-state index contributed by atoms with van der Waals surface area (Å²) in [5.74, 6) is 1.66. The van der Waals surface area contributed by atoms with Crippen LogP contribution in [0.15, 0.2) is 12.3 Å². The molecule has 0 radical (unpaired) electrons. The van der Waals surface area contributed by atoms with Crippen molar-refractivity contribution in [1.29, 1.82) is 0 Å². The highest BCUT2D eigenvalue weighted by Crippen LogP contribution is 2.73. The number of fused-ring (bicyclic) bond motifs is 1. The van der Waals surface area contributed by atoms with Crippen molar-refractivity contribution >= 4 is 18.2 Å². The molecule has 182 valence electrons. The van der Waals surface area contributed by atoms with E-state index < -0.39 is 11.6 Å². The molecule has 0 saturated heterocycles. The molecule has 0 aliphatic heterocycles. The third-order valence-corrected chi connectivity index (χ3v) is 8.54. The number of amides is 2. The molecule has 5 unspecified atom stereocenters. The van der Waals surface area contributed by atoms with Crippen LogP contribution < -0.4 is 10.6 Å². The van der Waals surface area contributed by atoms with Crippen LogP contribution in [0, 0.1) is 22.7 Å². The molecular formula is C26H40N4O3. The van der Waals surface area contributed by atoms with Crippen LogP contribution in [-0.2, 0) is 4.74 Å².